The first-order chi connectivity index (χ1) is 16.5. The summed E-state index contributed by atoms with van der Waals surface area (Å²) in [7, 11) is 1.66. The van der Waals surface area contributed by atoms with E-state index in [1.807, 2.05) is 54.7 Å². The van der Waals surface area contributed by atoms with Gasteiger partial charge in [0.25, 0.3) is 5.91 Å². The van der Waals surface area contributed by atoms with Gasteiger partial charge in [0, 0.05) is 24.2 Å². The lowest BCUT2D eigenvalue weighted by Gasteiger charge is -2.37. The number of amides is 1. The van der Waals surface area contributed by atoms with Crippen molar-refractivity contribution < 1.29 is 19.4 Å². The molecule has 7 nitrogen and oxygen atoms in total. The normalized spacial score (nSPS) is 24.2. The van der Waals surface area contributed by atoms with Crippen LogP contribution in [0.2, 0.25) is 0 Å². The molecular weight excluding hydrogens is 430 g/mol. The van der Waals surface area contributed by atoms with E-state index in [9.17, 15) is 9.90 Å². The number of nitrogens with zero attached hydrogens (tertiary/aromatic N) is 1. The van der Waals surface area contributed by atoms with Crippen LogP contribution >= 0.6 is 0 Å². The van der Waals surface area contributed by atoms with Crippen LogP contribution in [-0.2, 0) is 11.2 Å². The second-order valence-corrected chi connectivity index (χ2v) is 9.35. The van der Waals surface area contributed by atoms with Gasteiger partial charge < -0.3 is 25.2 Å². The van der Waals surface area contributed by atoms with Crippen LogP contribution in [0.4, 0.5) is 5.69 Å². The minimum absolute atomic E-state index is 0.125. The minimum Gasteiger partial charge on any atom is -0.497 e. The zero-order valence-electron chi connectivity index (χ0n) is 19.4. The Bertz CT molecular complexity index is 1170. The van der Waals surface area contributed by atoms with Gasteiger partial charge in [-0.15, -0.1) is 0 Å². The fourth-order valence-electron chi connectivity index (χ4n) is 5.00. The molecule has 0 spiro atoms. The zero-order chi connectivity index (χ0) is 23.5. The second-order valence-electron chi connectivity index (χ2n) is 9.35. The number of pyridine rings is 1. The van der Waals surface area contributed by atoms with Gasteiger partial charge in [0.2, 0.25) is 0 Å². The van der Waals surface area contributed by atoms with Crippen LogP contribution in [0.25, 0.3) is 10.9 Å². The molecule has 3 N–H and O–H groups in total. The standard InChI is InChI=1S/C27H31N3O4/c1-33-20-6-7-22-21(16-20)18(11-15-28-22)8-12-27(32)13-9-19(10-14-27)29-17-25-26(31)30-23-4-2-3-5-24(23)34-25/h2-7,11,15-16,19,25,29,32H,8-10,12-14,17H2,1H3,(H,30,31). The van der Waals surface area contributed by atoms with Crippen molar-refractivity contribution in [2.24, 2.45) is 0 Å². The number of methoxy groups -OCH3 is 1. The number of nitrogens with one attached hydrogen (secondary N) is 2. The van der Waals surface area contributed by atoms with E-state index in [1.54, 1.807) is 7.11 Å². The van der Waals surface area contributed by atoms with Gasteiger partial charge in [0.05, 0.1) is 23.9 Å². The molecule has 1 saturated carbocycles. The molecule has 0 saturated heterocycles. The van der Waals surface area contributed by atoms with Crippen LogP contribution < -0.4 is 20.1 Å². The summed E-state index contributed by atoms with van der Waals surface area (Å²) in [5, 5.41) is 18.7. The number of para-hydroxylation sites is 2. The van der Waals surface area contributed by atoms with Gasteiger partial charge >= 0.3 is 0 Å². The van der Waals surface area contributed by atoms with E-state index < -0.39 is 11.7 Å². The predicted molar refractivity (Wildman–Crippen MR) is 131 cm³/mol. The van der Waals surface area contributed by atoms with E-state index >= 15 is 0 Å². The summed E-state index contributed by atoms with van der Waals surface area (Å²) in [6.07, 6.45) is 5.98. The first-order valence-electron chi connectivity index (χ1n) is 12.0. The Labute approximate surface area is 199 Å². The molecule has 2 aliphatic rings. The largest absolute Gasteiger partial charge is 0.497 e. The van der Waals surface area contributed by atoms with Crippen molar-refractivity contribution in [2.45, 2.75) is 56.3 Å². The van der Waals surface area contributed by atoms with Crippen LogP contribution in [0.15, 0.2) is 54.7 Å². The maximum absolute atomic E-state index is 12.4. The topological polar surface area (TPSA) is 92.7 Å². The number of carbonyl (C=O) groups is 1. The van der Waals surface area contributed by atoms with E-state index in [2.05, 4.69) is 15.6 Å². The van der Waals surface area contributed by atoms with Gasteiger partial charge in [0.1, 0.15) is 11.5 Å². The monoisotopic (exact) mass is 461 g/mol. The van der Waals surface area contributed by atoms with E-state index in [4.69, 9.17) is 9.47 Å². The third kappa shape index (κ3) is 4.86. The number of carbonyl (C=O) groups excluding carboxylic acids is 1. The Kier molecular flexibility index (Phi) is 6.39. The van der Waals surface area contributed by atoms with Gasteiger partial charge in [0.15, 0.2) is 6.10 Å². The van der Waals surface area contributed by atoms with E-state index in [-0.39, 0.29) is 11.9 Å². The van der Waals surface area contributed by atoms with Crippen LogP contribution in [0.3, 0.4) is 0 Å². The van der Waals surface area contributed by atoms with Crippen LogP contribution in [0.1, 0.15) is 37.7 Å². The number of rotatable bonds is 7. The Morgan fingerprint density at radius 3 is 2.85 bits per heavy atom. The van der Waals surface area contributed by atoms with E-state index in [0.717, 1.165) is 48.8 Å². The summed E-state index contributed by atoms with van der Waals surface area (Å²) in [6, 6.07) is 15.7. The van der Waals surface area contributed by atoms with Crippen LogP contribution in [-0.4, -0.2) is 47.4 Å². The highest BCUT2D eigenvalue weighted by atomic mass is 16.5. The summed E-state index contributed by atoms with van der Waals surface area (Å²) in [5.41, 5.74) is 2.16. The highest BCUT2D eigenvalue weighted by Crippen LogP contribution is 2.34. The molecular formula is C27H31N3O4. The molecule has 1 atom stereocenters. The number of aryl methyl sites for hydroxylation is 1. The summed E-state index contributed by atoms with van der Waals surface area (Å²) in [4.78, 5) is 16.8. The minimum atomic E-state index is -0.676. The fourth-order valence-corrected chi connectivity index (χ4v) is 5.00. The molecule has 1 aliphatic heterocycles. The number of aliphatic hydroxyl groups is 1. The molecule has 2 heterocycles. The summed E-state index contributed by atoms with van der Waals surface area (Å²) >= 11 is 0. The maximum Gasteiger partial charge on any atom is 0.266 e. The van der Waals surface area contributed by atoms with Gasteiger partial charge in [-0.2, -0.15) is 0 Å². The Balaban J connectivity index is 1.13. The van der Waals surface area contributed by atoms with Crippen LogP contribution in [0, 0.1) is 0 Å². The predicted octanol–water partition coefficient (Wildman–Crippen LogP) is 3.84. The Hall–Kier alpha value is -3.16. The second kappa shape index (κ2) is 9.60. The fraction of sp³-hybridized carbons (Fsp3) is 0.407. The van der Waals surface area contributed by atoms with Crippen LogP contribution in [0.5, 0.6) is 11.5 Å². The lowest BCUT2D eigenvalue weighted by Crippen LogP contribution is -2.48. The zero-order valence-corrected chi connectivity index (χ0v) is 19.4. The SMILES string of the molecule is COc1ccc2nccc(CCC3(O)CCC(NCC4Oc5ccccc5NC4=O)CC3)c2c1. The molecule has 0 radical (unpaired) electrons. The number of fused-ring (bicyclic) bond motifs is 2. The summed E-state index contributed by atoms with van der Waals surface area (Å²) in [5.74, 6) is 1.39. The number of hydrogen-bond donors (Lipinski definition) is 3. The van der Waals surface area contributed by atoms with Crippen molar-refractivity contribution >= 4 is 22.5 Å². The average Bonchev–Trinajstić information content (AvgIpc) is 2.87. The first kappa shape index (κ1) is 22.6. The summed E-state index contributed by atoms with van der Waals surface area (Å²) < 4.78 is 11.3. The first-order valence-corrected chi connectivity index (χ1v) is 12.0. The lowest BCUT2D eigenvalue weighted by atomic mass is 9.78. The van der Waals surface area contributed by atoms with Gasteiger partial charge in [-0.25, -0.2) is 0 Å². The number of anilines is 1. The van der Waals surface area contributed by atoms with Crippen molar-refractivity contribution in [3.05, 3.63) is 60.3 Å². The molecule has 1 aromatic heterocycles. The third-order valence-corrected chi connectivity index (χ3v) is 7.11. The molecule has 3 aromatic rings. The molecule has 1 aliphatic carbocycles. The number of ether oxygens (including phenoxy) is 2. The molecule has 0 bridgehead atoms. The van der Waals surface area contributed by atoms with Crippen molar-refractivity contribution in [3.8, 4) is 11.5 Å². The number of benzene rings is 2. The third-order valence-electron chi connectivity index (χ3n) is 7.11. The molecule has 7 heteroatoms. The number of hydrogen-bond acceptors (Lipinski definition) is 6. The van der Waals surface area contributed by atoms with E-state index in [0.29, 0.717) is 24.4 Å². The van der Waals surface area contributed by atoms with Crippen molar-refractivity contribution in [1.82, 2.24) is 10.3 Å². The molecule has 34 heavy (non-hydrogen) atoms. The van der Waals surface area contributed by atoms with Gasteiger partial charge in [-0.1, -0.05) is 12.1 Å². The maximum atomic E-state index is 12.4. The van der Waals surface area contributed by atoms with E-state index in [1.165, 1.54) is 5.56 Å². The Morgan fingerprint density at radius 1 is 1.21 bits per heavy atom. The molecule has 1 amide bonds. The van der Waals surface area contributed by atoms with Gasteiger partial charge in [-0.3, -0.25) is 9.78 Å². The van der Waals surface area contributed by atoms with Crippen molar-refractivity contribution in [3.63, 3.8) is 0 Å². The average molecular weight is 462 g/mol. The van der Waals surface area contributed by atoms with Crippen molar-refractivity contribution in [1.29, 1.82) is 0 Å². The van der Waals surface area contributed by atoms with Gasteiger partial charge in [-0.05, 0) is 80.5 Å². The highest BCUT2D eigenvalue weighted by molar-refractivity contribution is 5.97. The molecule has 5 rings (SSSR count). The lowest BCUT2D eigenvalue weighted by molar-refractivity contribution is -0.123. The molecule has 1 unspecified atom stereocenters. The Morgan fingerprint density at radius 2 is 2.03 bits per heavy atom. The smallest absolute Gasteiger partial charge is 0.266 e. The van der Waals surface area contributed by atoms with Crippen molar-refractivity contribution in [2.75, 3.05) is 19.0 Å². The molecule has 1 fully saturated rings. The highest BCUT2D eigenvalue weighted by Gasteiger charge is 2.34. The molecule has 178 valence electrons. The summed E-state index contributed by atoms with van der Waals surface area (Å²) in [6.45, 7) is 0.452. The molecule has 2 aromatic carbocycles. The number of aromatic nitrogens is 1. The quantitative estimate of drug-likeness (QED) is 0.495.